The Morgan fingerprint density at radius 3 is 2.87 bits per heavy atom. The summed E-state index contributed by atoms with van der Waals surface area (Å²) >= 11 is 0. The Balaban J connectivity index is 1.67. The Labute approximate surface area is 90.1 Å². The second-order valence-corrected chi connectivity index (χ2v) is 4.63. The van der Waals surface area contributed by atoms with Gasteiger partial charge < -0.3 is 15.2 Å². The van der Waals surface area contributed by atoms with Crippen molar-refractivity contribution in [3.8, 4) is 0 Å². The first-order valence-electron chi connectivity index (χ1n) is 5.75. The molecule has 0 bridgehead atoms. The van der Waals surface area contributed by atoms with Gasteiger partial charge in [-0.2, -0.15) is 0 Å². The van der Waals surface area contributed by atoms with Gasteiger partial charge in [0.2, 0.25) is 0 Å². The Hall–Kier alpha value is -0.610. The molecular weight excluding hydrogens is 194 g/mol. The number of hydrogen-bond donors (Lipinski definition) is 1. The molecule has 1 aliphatic carbocycles. The van der Waals surface area contributed by atoms with E-state index in [9.17, 15) is 4.79 Å². The van der Waals surface area contributed by atoms with Gasteiger partial charge in [-0.1, -0.05) is 0 Å². The smallest absolute Gasteiger partial charge is 0.308 e. The van der Waals surface area contributed by atoms with Crippen molar-refractivity contribution >= 4 is 5.97 Å². The van der Waals surface area contributed by atoms with Crippen LogP contribution in [0.3, 0.4) is 0 Å². The summed E-state index contributed by atoms with van der Waals surface area (Å²) in [5.74, 6) is 0.390. The third kappa shape index (κ3) is 2.92. The summed E-state index contributed by atoms with van der Waals surface area (Å²) in [5.41, 5.74) is 5.75. The molecule has 4 heteroatoms. The third-order valence-corrected chi connectivity index (χ3v) is 3.29. The van der Waals surface area contributed by atoms with E-state index in [-0.39, 0.29) is 17.9 Å². The zero-order valence-electron chi connectivity index (χ0n) is 8.98. The van der Waals surface area contributed by atoms with Crippen molar-refractivity contribution in [1.29, 1.82) is 0 Å². The highest BCUT2D eigenvalue weighted by molar-refractivity contribution is 5.72. The van der Waals surface area contributed by atoms with Gasteiger partial charge in [0.15, 0.2) is 0 Å². The van der Waals surface area contributed by atoms with Crippen LogP contribution in [0.25, 0.3) is 0 Å². The van der Waals surface area contributed by atoms with E-state index in [0.717, 1.165) is 38.9 Å². The van der Waals surface area contributed by atoms with E-state index in [2.05, 4.69) is 0 Å². The average Bonchev–Trinajstić information content (AvgIpc) is 2.84. The molecule has 0 radical (unpaired) electrons. The van der Waals surface area contributed by atoms with Crippen LogP contribution >= 0.6 is 0 Å². The lowest BCUT2D eigenvalue weighted by atomic mass is 10.1. The summed E-state index contributed by atoms with van der Waals surface area (Å²) in [6.45, 7) is 2.05. The molecule has 1 aliphatic heterocycles. The predicted octanol–water partition coefficient (Wildman–Crippen LogP) is 0.693. The summed E-state index contributed by atoms with van der Waals surface area (Å²) in [5, 5.41) is 0. The second-order valence-electron chi connectivity index (χ2n) is 4.63. The number of hydrogen-bond acceptors (Lipinski definition) is 4. The van der Waals surface area contributed by atoms with E-state index < -0.39 is 0 Å². The number of esters is 1. The van der Waals surface area contributed by atoms with Gasteiger partial charge in [-0.05, 0) is 25.7 Å². The van der Waals surface area contributed by atoms with Crippen LogP contribution in [-0.2, 0) is 14.3 Å². The SMILES string of the molecule is NC1CCC(C(=O)OCC2CCOC2)C1. The maximum Gasteiger partial charge on any atom is 0.308 e. The van der Waals surface area contributed by atoms with Gasteiger partial charge in [-0.15, -0.1) is 0 Å². The van der Waals surface area contributed by atoms with E-state index in [0.29, 0.717) is 12.5 Å². The molecule has 15 heavy (non-hydrogen) atoms. The number of carbonyl (C=O) groups is 1. The number of ether oxygens (including phenoxy) is 2. The third-order valence-electron chi connectivity index (χ3n) is 3.29. The maximum absolute atomic E-state index is 11.6. The van der Waals surface area contributed by atoms with Gasteiger partial charge in [-0.25, -0.2) is 0 Å². The van der Waals surface area contributed by atoms with Crippen molar-refractivity contribution < 1.29 is 14.3 Å². The first-order chi connectivity index (χ1) is 7.25. The lowest BCUT2D eigenvalue weighted by Gasteiger charge is -2.12. The fraction of sp³-hybridized carbons (Fsp3) is 0.909. The molecule has 86 valence electrons. The monoisotopic (exact) mass is 213 g/mol. The Bertz CT molecular complexity index is 226. The van der Waals surface area contributed by atoms with Crippen LogP contribution in [0.1, 0.15) is 25.7 Å². The second kappa shape index (κ2) is 4.94. The van der Waals surface area contributed by atoms with E-state index in [1.54, 1.807) is 0 Å². The molecule has 1 saturated carbocycles. The van der Waals surface area contributed by atoms with Crippen LogP contribution < -0.4 is 5.73 Å². The van der Waals surface area contributed by atoms with E-state index in [4.69, 9.17) is 15.2 Å². The minimum atomic E-state index is -0.0603. The zero-order valence-corrected chi connectivity index (χ0v) is 8.98. The highest BCUT2D eigenvalue weighted by Gasteiger charge is 2.29. The topological polar surface area (TPSA) is 61.6 Å². The van der Waals surface area contributed by atoms with Gasteiger partial charge in [0.25, 0.3) is 0 Å². The molecule has 2 N–H and O–H groups in total. The van der Waals surface area contributed by atoms with Crippen molar-refractivity contribution in [2.75, 3.05) is 19.8 Å². The molecule has 3 atom stereocenters. The van der Waals surface area contributed by atoms with Gasteiger partial charge in [0.1, 0.15) is 0 Å². The number of rotatable bonds is 3. The van der Waals surface area contributed by atoms with E-state index >= 15 is 0 Å². The van der Waals surface area contributed by atoms with Crippen LogP contribution in [0, 0.1) is 11.8 Å². The maximum atomic E-state index is 11.6. The summed E-state index contributed by atoms with van der Waals surface area (Å²) < 4.78 is 10.5. The van der Waals surface area contributed by atoms with Crippen molar-refractivity contribution in [2.24, 2.45) is 17.6 Å². The van der Waals surface area contributed by atoms with Crippen LogP contribution in [0.15, 0.2) is 0 Å². The Morgan fingerprint density at radius 2 is 2.27 bits per heavy atom. The molecule has 1 saturated heterocycles. The fourth-order valence-electron chi connectivity index (χ4n) is 2.26. The quantitative estimate of drug-likeness (QED) is 0.701. The highest BCUT2D eigenvalue weighted by Crippen LogP contribution is 2.25. The van der Waals surface area contributed by atoms with Crippen LogP contribution in [0.2, 0.25) is 0 Å². The standard InChI is InChI=1S/C11H19NO3/c12-10-2-1-9(5-10)11(13)15-7-8-3-4-14-6-8/h8-10H,1-7,12H2. The Kier molecular flexibility index (Phi) is 3.59. The molecule has 1 heterocycles. The summed E-state index contributed by atoms with van der Waals surface area (Å²) in [4.78, 5) is 11.6. The molecule has 0 amide bonds. The summed E-state index contributed by atoms with van der Waals surface area (Å²) in [6.07, 6.45) is 3.64. The van der Waals surface area contributed by atoms with Crippen molar-refractivity contribution in [3.63, 3.8) is 0 Å². The van der Waals surface area contributed by atoms with E-state index in [1.807, 2.05) is 0 Å². The van der Waals surface area contributed by atoms with Gasteiger partial charge in [0, 0.05) is 18.6 Å². The van der Waals surface area contributed by atoms with Crippen molar-refractivity contribution in [1.82, 2.24) is 0 Å². The molecule has 0 spiro atoms. The minimum absolute atomic E-state index is 0.0438. The molecule has 0 aromatic carbocycles. The number of carbonyl (C=O) groups excluding carboxylic acids is 1. The molecule has 2 aliphatic rings. The first kappa shape index (κ1) is 10.9. The van der Waals surface area contributed by atoms with Crippen LogP contribution in [0.5, 0.6) is 0 Å². The van der Waals surface area contributed by atoms with Crippen LogP contribution in [0.4, 0.5) is 0 Å². The zero-order chi connectivity index (χ0) is 10.7. The fourth-order valence-corrected chi connectivity index (χ4v) is 2.26. The minimum Gasteiger partial charge on any atom is -0.465 e. The predicted molar refractivity (Wildman–Crippen MR) is 55.2 cm³/mol. The van der Waals surface area contributed by atoms with Gasteiger partial charge >= 0.3 is 5.97 Å². The van der Waals surface area contributed by atoms with Crippen molar-refractivity contribution in [2.45, 2.75) is 31.7 Å². The Morgan fingerprint density at radius 1 is 1.40 bits per heavy atom. The van der Waals surface area contributed by atoms with Gasteiger partial charge in [0.05, 0.1) is 19.1 Å². The molecule has 0 aromatic rings. The lowest BCUT2D eigenvalue weighted by Crippen LogP contribution is -2.22. The molecule has 0 aromatic heterocycles. The molecule has 2 rings (SSSR count). The first-order valence-corrected chi connectivity index (χ1v) is 5.75. The van der Waals surface area contributed by atoms with E-state index in [1.165, 1.54) is 0 Å². The molecule has 2 fully saturated rings. The lowest BCUT2D eigenvalue weighted by molar-refractivity contribution is -0.149. The average molecular weight is 213 g/mol. The molecule has 4 nitrogen and oxygen atoms in total. The largest absolute Gasteiger partial charge is 0.465 e. The molecular formula is C11H19NO3. The van der Waals surface area contributed by atoms with Crippen molar-refractivity contribution in [3.05, 3.63) is 0 Å². The van der Waals surface area contributed by atoms with Crippen LogP contribution in [-0.4, -0.2) is 31.8 Å². The molecule has 3 unspecified atom stereocenters. The van der Waals surface area contributed by atoms with Gasteiger partial charge in [-0.3, -0.25) is 4.79 Å². The summed E-state index contributed by atoms with van der Waals surface area (Å²) in [7, 11) is 0. The summed E-state index contributed by atoms with van der Waals surface area (Å²) in [6, 6.07) is 0.192. The highest BCUT2D eigenvalue weighted by atomic mass is 16.5. The normalized spacial score (nSPS) is 35.7. The number of nitrogens with two attached hydrogens (primary N) is 1.